The van der Waals surface area contributed by atoms with E-state index in [1.165, 1.54) is 6.42 Å². The molecule has 2 atom stereocenters. The highest BCUT2D eigenvalue weighted by atomic mass is 16.5. The standard InChI is InChI=1S/C21H39N5O2/c1-20(2)17(15-21(20,3)28-5)23-19(22-4)26-13-11-24(12-14-26)16-18(27)25-9-7-6-8-10-25/h17H,6-16H2,1-5H3,(H,22,23). The van der Waals surface area contributed by atoms with Crippen LogP contribution in [0.1, 0.15) is 46.5 Å². The summed E-state index contributed by atoms with van der Waals surface area (Å²) in [4.78, 5) is 23.7. The maximum atomic E-state index is 12.5. The van der Waals surface area contributed by atoms with Gasteiger partial charge in [-0.25, -0.2) is 0 Å². The van der Waals surface area contributed by atoms with Gasteiger partial charge in [-0.05, 0) is 32.6 Å². The van der Waals surface area contributed by atoms with Crippen LogP contribution in [0, 0.1) is 5.41 Å². The van der Waals surface area contributed by atoms with E-state index in [1.807, 2.05) is 11.9 Å². The Morgan fingerprint density at radius 2 is 1.68 bits per heavy atom. The van der Waals surface area contributed by atoms with Crippen molar-refractivity contribution in [2.24, 2.45) is 10.4 Å². The van der Waals surface area contributed by atoms with Crippen molar-refractivity contribution < 1.29 is 9.53 Å². The predicted molar refractivity (Wildman–Crippen MR) is 113 cm³/mol. The van der Waals surface area contributed by atoms with E-state index in [9.17, 15) is 4.79 Å². The number of hydrogen-bond donors (Lipinski definition) is 1. The van der Waals surface area contributed by atoms with E-state index >= 15 is 0 Å². The molecule has 1 N–H and O–H groups in total. The molecule has 0 aromatic carbocycles. The summed E-state index contributed by atoms with van der Waals surface area (Å²) in [6.07, 6.45) is 4.55. The van der Waals surface area contributed by atoms with Gasteiger partial charge in [0, 0.05) is 64.9 Å². The largest absolute Gasteiger partial charge is 0.378 e. The molecule has 0 aromatic rings. The van der Waals surface area contributed by atoms with E-state index in [0.717, 1.165) is 64.5 Å². The van der Waals surface area contributed by atoms with Crippen molar-refractivity contribution in [2.45, 2.75) is 58.1 Å². The summed E-state index contributed by atoms with van der Waals surface area (Å²) in [6.45, 7) is 12.8. The first-order valence-corrected chi connectivity index (χ1v) is 10.8. The van der Waals surface area contributed by atoms with Crippen LogP contribution in [0.15, 0.2) is 4.99 Å². The Labute approximate surface area is 170 Å². The normalized spacial score (nSPS) is 31.5. The number of methoxy groups -OCH3 is 1. The maximum absolute atomic E-state index is 12.5. The molecule has 2 aliphatic heterocycles. The summed E-state index contributed by atoms with van der Waals surface area (Å²) in [5.41, 5.74) is -0.0304. The predicted octanol–water partition coefficient (Wildman–Crippen LogP) is 1.40. The molecule has 160 valence electrons. The zero-order valence-corrected chi connectivity index (χ0v) is 18.5. The number of carbonyl (C=O) groups excluding carboxylic acids is 1. The van der Waals surface area contributed by atoms with E-state index < -0.39 is 0 Å². The average molecular weight is 394 g/mol. The van der Waals surface area contributed by atoms with E-state index in [2.05, 4.69) is 40.9 Å². The minimum Gasteiger partial charge on any atom is -0.378 e. The summed E-state index contributed by atoms with van der Waals surface area (Å²) >= 11 is 0. The number of hydrogen-bond acceptors (Lipinski definition) is 4. The third kappa shape index (κ3) is 4.15. The van der Waals surface area contributed by atoms with Crippen LogP contribution >= 0.6 is 0 Å². The van der Waals surface area contributed by atoms with Crippen LogP contribution in [-0.4, -0.2) is 98.2 Å². The molecule has 0 radical (unpaired) electrons. The lowest BCUT2D eigenvalue weighted by Crippen LogP contribution is -2.70. The van der Waals surface area contributed by atoms with Crippen molar-refractivity contribution in [3.05, 3.63) is 0 Å². The second kappa shape index (κ2) is 8.57. The van der Waals surface area contributed by atoms with Crippen LogP contribution < -0.4 is 5.32 Å². The summed E-state index contributed by atoms with van der Waals surface area (Å²) in [5, 5.41) is 3.66. The minimum absolute atomic E-state index is 0.0559. The lowest BCUT2D eigenvalue weighted by atomic mass is 9.56. The maximum Gasteiger partial charge on any atom is 0.236 e. The first-order valence-electron chi connectivity index (χ1n) is 10.8. The zero-order valence-electron chi connectivity index (χ0n) is 18.5. The van der Waals surface area contributed by atoms with Crippen molar-refractivity contribution >= 4 is 11.9 Å². The number of nitrogens with one attached hydrogen (secondary N) is 1. The smallest absolute Gasteiger partial charge is 0.236 e. The van der Waals surface area contributed by atoms with Gasteiger partial charge >= 0.3 is 0 Å². The second-order valence-electron chi connectivity index (χ2n) is 9.31. The van der Waals surface area contributed by atoms with Crippen molar-refractivity contribution in [1.29, 1.82) is 0 Å². The van der Waals surface area contributed by atoms with Gasteiger partial charge in [-0.15, -0.1) is 0 Å². The van der Waals surface area contributed by atoms with Gasteiger partial charge in [-0.1, -0.05) is 13.8 Å². The topological polar surface area (TPSA) is 60.4 Å². The summed E-state index contributed by atoms with van der Waals surface area (Å²) in [7, 11) is 3.66. The number of amides is 1. The van der Waals surface area contributed by atoms with E-state index in [1.54, 1.807) is 7.11 Å². The highest BCUT2D eigenvalue weighted by molar-refractivity contribution is 5.81. The Balaban J connectivity index is 1.46. The first kappa shape index (κ1) is 21.4. The molecule has 7 nitrogen and oxygen atoms in total. The zero-order chi connectivity index (χ0) is 20.4. The molecular weight excluding hydrogens is 354 g/mol. The number of rotatable bonds is 4. The Kier molecular flexibility index (Phi) is 6.54. The molecule has 3 fully saturated rings. The van der Waals surface area contributed by atoms with Crippen molar-refractivity contribution in [2.75, 3.05) is 60.0 Å². The first-order chi connectivity index (χ1) is 13.3. The average Bonchev–Trinajstić information content (AvgIpc) is 2.72. The fraction of sp³-hybridized carbons (Fsp3) is 0.905. The summed E-state index contributed by atoms with van der Waals surface area (Å²) in [5.74, 6) is 1.27. The van der Waals surface area contributed by atoms with Crippen LogP contribution in [0.3, 0.4) is 0 Å². The third-order valence-corrected chi connectivity index (χ3v) is 7.53. The third-order valence-electron chi connectivity index (χ3n) is 7.53. The van der Waals surface area contributed by atoms with Crippen molar-refractivity contribution in [3.63, 3.8) is 0 Å². The highest BCUT2D eigenvalue weighted by Gasteiger charge is 2.58. The molecular formula is C21H39N5O2. The van der Waals surface area contributed by atoms with Crippen molar-refractivity contribution in [3.8, 4) is 0 Å². The number of piperazine rings is 1. The molecule has 7 heteroatoms. The summed E-state index contributed by atoms with van der Waals surface area (Å²) in [6, 6.07) is 0.356. The van der Waals surface area contributed by atoms with Gasteiger partial charge in [-0.3, -0.25) is 14.7 Å². The molecule has 0 spiro atoms. The van der Waals surface area contributed by atoms with Gasteiger partial charge in [-0.2, -0.15) is 0 Å². The van der Waals surface area contributed by atoms with Crippen LogP contribution in [0.5, 0.6) is 0 Å². The molecule has 2 unspecified atom stereocenters. The van der Waals surface area contributed by atoms with E-state index in [-0.39, 0.29) is 11.0 Å². The van der Waals surface area contributed by atoms with Gasteiger partial charge < -0.3 is 19.9 Å². The Bertz CT molecular complexity index is 579. The van der Waals surface area contributed by atoms with Gasteiger partial charge in [0.25, 0.3) is 0 Å². The van der Waals surface area contributed by atoms with Crippen LogP contribution in [0.4, 0.5) is 0 Å². The highest BCUT2D eigenvalue weighted by Crippen LogP contribution is 2.51. The number of aliphatic imine (C=N–C) groups is 1. The van der Waals surface area contributed by atoms with Crippen LogP contribution in [0.25, 0.3) is 0 Å². The van der Waals surface area contributed by atoms with E-state index in [0.29, 0.717) is 18.5 Å². The quantitative estimate of drug-likeness (QED) is 0.578. The summed E-state index contributed by atoms with van der Waals surface area (Å²) < 4.78 is 5.74. The molecule has 3 rings (SSSR count). The van der Waals surface area contributed by atoms with Gasteiger partial charge in [0.05, 0.1) is 12.1 Å². The van der Waals surface area contributed by atoms with Gasteiger partial charge in [0.2, 0.25) is 5.91 Å². The molecule has 1 saturated carbocycles. The SMILES string of the molecule is CN=C(NC1CC(C)(OC)C1(C)C)N1CCN(CC(=O)N2CCCCC2)CC1. The van der Waals surface area contributed by atoms with E-state index in [4.69, 9.17) is 4.74 Å². The molecule has 0 aromatic heterocycles. The number of nitrogens with zero attached hydrogens (tertiary/aromatic N) is 4. The van der Waals surface area contributed by atoms with Crippen LogP contribution in [0.2, 0.25) is 0 Å². The Morgan fingerprint density at radius 3 is 2.21 bits per heavy atom. The van der Waals surface area contributed by atoms with Crippen LogP contribution in [-0.2, 0) is 9.53 Å². The Morgan fingerprint density at radius 1 is 1.04 bits per heavy atom. The lowest BCUT2D eigenvalue weighted by Gasteiger charge is -2.59. The molecule has 3 aliphatic rings. The lowest BCUT2D eigenvalue weighted by molar-refractivity contribution is -0.177. The number of carbonyl (C=O) groups is 1. The molecule has 2 saturated heterocycles. The molecule has 0 bridgehead atoms. The minimum atomic E-state index is -0.0863. The molecule has 1 amide bonds. The van der Waals surface area contributed by atoms with Crippen molar-refractivity contribution in [1.82, 2.24) is 20.0 Å². The number of ether oxygens (including phenoxy) is 1. The fourth-order valence-corrected chi connectivity index (χ4v) is 4.73. The number of piperidine rings is 1. The number of likely N-dealkylation sites (tertiary alicyclic amines) is 1. The fourth-order valence-electron chi connectivity index (χ4n) is 4.73. The molecule has 28 heavy (non-hydrogen) atoms. The molecule has 2 heterocycles. The monoisotopic (exact) mass is 393 g/mol. The number of guanidine groups is 1. The van der Waals surface area contributed by atoms with Gasteiger partial charge in [0.15, 0.2) is 5.96 Å². The van der Waals surface area contributed by atoms with Gasteiger partial charge in [0.1, 0.15) is 0 Å². The Hall–Kier alpha value is -1.34. The molecule has 1 aliphatic carbocycles. The second-order valence-corrected chi connectivity index (χ2v) is 9.31.